The molecule has 30 heavy (non-hydrogen) atoms. The average Bonchev–Trinajstić information content (AvgIpc) is 3.51. The minimum Gasteiger partial charge on any atom is -0.286 e. The molecule has 1 saturated heterocycles. The number of nitrogens with zero attached hydrogens (tertiary/aromatic N) is 2. The first-order chi connectivity index (χ1) is 14.2. The molecule has 158 valence electrons. The Hall–Kier alpha value is -2.64. The zero-order chi connectivity index (χ0) is 21.4. The van der Waals surface area contributed by atoms with Gasteiger partial charge >= 0.3 is 12.1 Å². The second kappa shape index (κ2) is 6.43. The van der Waals surface area contributed by atoms with Crippen LogP contribution in [0.15, 0.2) is 36.4 Å². The Morgan fingerprint density at radius 1 is 1.03 bits per heavy atom. The Kier molecular flexibility index (Phi) is 4.14. The lowest BCUT2D eigenvalue weighted by atomic mass is 9.63. The van der Waals surface area contributed by atoms with Gasteiger partial charge < -0.3 is 0 Å². The molecule has 0 spiro atoms. The van der Waals surface area contributed by atoms with Crippen LogP contribution >= 0.6 is 0 Å². The van der Waals surface area contributed by atoms with Crippen molar-refractivity contribution in [3.8, 4) is 0 Å². The first-order valence-electron chi connectivity index (χ1n) is 10.2. The van der Waals surface area contributed by atoms with Crippen molar-refractivity contribution in [2.45, 2.75) is 25.9 Å². The molecule has 5 nitrogen and oxygen atoms in total. The summed E-state index contributed by atoms with van der Waals surface area (Å²) in [5.41, 5.74) is 0.910. The van der Waals surface area contributed by atoms with Gasteiger partial charge in [-0.05, 0) is 54.2 Å². The second-order valence-electron chi connectivity index (χ2n) is 8.65. The van der Waals surface area contributed by atoms with Gasteiger partial charge in [-0.15, -0.1) is 0 Å². The number of anilines is 1. The van der Waals surface area contributed by atoms with E-state index in [-0.39, 0.29) is 17.5 Å². The van der Waals surface area contributed by atoms with Crippen molar-refractivity contribution in [1.82, 2.24) is 4.90 Å². The number of hydrogen-bond donors (Lipinski definition) is 0. The van der Waals surface area contributed by atoms with E-state index < -0.39 is 42.4 Å². The number of alkyl halides is 3. The third-order valence-corrected chi connectivity index (χ3v) is 7.18. The van der Waals surface area contributed by atoms with Gasteiger partial charge in [0.1, 0.15) is 6.67 Å². The monoisotopic (exact) mass is 418 g/mol. The van der Waals surface area contributed by atoms with Crippen LogP contribution < -0.4 is 4.90 Å². The summed E-state index contributed by atoms with van der Waals surface area (Å²) in [4.78, 5) is 39.7. The van der Waals surface area contributed by atoms with Gasteiger partial charge in [0.25, 0.3) is 0 Å². The molecule has 6 rings (SSSR count). The molecule has 0 aromatic heterocycles. The van der Waals surface area contributed by atoms with Gasteiger partial charge in [0, 0.05) is 5.69 Å². The molecule has 3 fully saturated rings. The lowest BCUT2D eigenvalue weighted by Crippen LogP contribution is -2.49. The fraction of sp³-hybridized carbons (Fsp3) is 0.500. The van der Waals surface area contributed by atoms with Crippen LogP contribution in [0.4, 0.5) is 18.9 Å². The van der Waals surface area contributed by atoms with Crippen LogP contribution in [0.2, 0.25) is 0 Å². The highest BCUT2D eigenvalue weighted by Gasteiger charge is 2.67. The predicted molar refractivity (Wildman–Crippen MR) is 101 cm³/mol. The summed E-state index contributed by atoms with van der Waals surface area (Å²) in [6.45, 7) is 1.19. The van der Waals surface area contributed by atoms with Gasteiger partial charge in [0.15, 0.2) is 0 Å². The number of benzene rings is 1. The molecule has 1 aromatic rings. The Morgan fingerprint density at radius 2 is 1.57 bits per heavy atom. The maximum Gasteiger partial charge on any atom is 0.471 e. The van der Waals surface area contributed by atoms with Crippen molar-refractivity contribution in [3.05, 3.63) is 42.0 Å². The SMILES string of the molecule is CCc1ccc(N(CN2C(=O)[C@H]3[C@@H]4C=C[C@H]([C@@H]5C[C@H]45)[C@@H]3C2=O)C(=O)C(F)(F)F)cc1. The number of hydrogen-bond acceptors (Lipinski definition) is 3. The molecular formula is C22H21F3N2O3. The molecule has 2 bridgehead atoms. The summed E-state index contributed by atoms with van der Waals surface area (Å²) in [5.74, 6) is -3.29. The van der Waals surface area contributed by atoms with Crippen molar-refractivity contribution in [1.29, 1.82) is 0 Å². The molecular weight excluding hydrogens is 397 g/mol. The summed E-state index contributed by atoms with van der Waals surface area (Å²) < 4.78 is 39.9. The smallest absolute Gasteiger partial charge is 0.286 e. The van der Waals surface area contributed by atoms with Gasteiger partial charge in [-0.25, -0.2) is 0 Å². The van der Waals surface area contributed by atoms with Crippen LogP contribution in [0.3, 0.4) is 0 Å². The Morgan fingerprint density at radius 3 is 2.03 bits per heavy atom. The van der Waals surface area contributed by atoms with E-state index in [0.717, 1.165) is 16.9 Å². The van der Waals surface area contributed by atoms with Crippen LogP contribution in [0.5, 0.6) is 0 Å². The molecule has 6 atom stereocenters. The molecule has 4 aliphatic carbocycles. The van der Waals surface area contributed by atoms with Crippen LogP contribution in [-0.4, -0.2) is 35.5 Å². The highest BCUT2D eigenvalue weighted by atomic mass is 19.4. The minimum absolute atomic E-state index is 0.00828. The van der Waals surface area contributed by atoms with E-state index in [4.69, 9.17) is 0 Å². The molecule has 5 aliphatic rings. The minimum atomic E-state index is -5.12. The number of aryl methyl sites for hydroxylation is 1. The third kappa shape index (κ3) is 2.72. The van der Waals surface area contributed by atoms with Crippen molar-refractivity contribution in [2.75, 3.05) is 11.6 Å². The number of carbonyl (C=O) groups is 3. The van der Waals surface area contributed by atoms with Crippen molar-refractivity contribution >= 4 is 23.4 Å². The topological polar surface area (TPSA) is 57.7 Å². The molecule has 3 amide bonds. The molecule has 1 heterocycles. The first kappa shape index (κ1) is 19.3. The number of carbonyl (C=O) groups excluding carboxylic acids is 3. The van der Waals surface area contributed by atoms with Crippen molar-refractivity contribution in [3.63, 3.8) is 0 Å². The Balaban J connectivity index is 1.45. The van der Waals surface area contributed by atoms with E-state index in [1.165, 1.54) is 12.1 Å². The lowest BCUT2D eigenvalue weighted by Gasteiger charge is -2.37. The summed E-state index contributed by atoms with van der Waals surface area (Å²) in [5, 5.41) is 0. The molecule has 0 N–H and O–H groups in total. The zero-order valence-electron chi connectivity index (χ0n) is 16.3. The number of rotatable bonds is 4. The number of likely N-dealkylation sites (tertiary alicyclic amines) is 1. The zero-order valence-corrected chi connectivity index (χ0v) is 16.3. The van der Waals surface area contributed by atoms with Crippen LogP contribution in [0.25, 0.3) is 0 Å². The maximum atomic E-state index is 13.3. The fourth-order valence-electron chi connectivity index (χ4n) is 5.63. The van der Waals surface area contributed by atoms with E-state index in [0.29, 0.717) is 23.2 Å². The lowest BCUT2D eigenvalue weighted by molar-refractivity contribution is -0.171. The fourth-order valence-corrected chi connectivity index (χ4v) is 5.63. The van der Waals surface area contributed by atoms with Crippen LogP contribution in [-0.2, 0) is 20.8 Å². The highest BCUT2D eigenvalue weighted by Crippen LogP contribution is 2.65. The summed E-state index contributed by atoms with van der Waals surface area (Å²) >= 11 is 0. The van der Waals surface area contributed by atoms with E-state index in [9.17, 15) is 27.6 Å². The van der Waals surface area contributed by atoms with E-state index in [1.54, 1.807) is 12.1 Å². The Bertz CT molecular complexity index is 919. The predicted octanol–water partition coefficient (Wildman–Crippen LogP) is 3.15. The van der Waals surface area contributed by atoms with Crippen molar-refractivity contribution < 1.29 is 27.6 Å². The third-order valence-electron chi connectivity index (χ3n) is 7.18. The summed E-state index contributed by atoms with van der Waals surface area (Å²) in [7, 11) is 0. The summed E-state index contributed by atoms with van der Waals surface area (Å²) in [6, 6.07) is 6.11. The standard InChI is InChI=1S/C22H21F3N2O3/c1-2-11-3-5-12(6-4-11)26(21(30)22(23,24)25)10-27-19(28)17-13-7-8-14(16-9-15(13)16)18(17)20(27)29/h3-8,13-18H,2,9-10H2,1H3/t13-,14-,15-,16+,17+,18+/m1/s1. The van der Waals surface area contributed by atoms with Gasteiger partial charge in [-0.1, -0.05) is 31.2 Å². The van der Waals surface area contributed by atoms with Gasteiger partial charge in [0.2, 0.25) is 11.8 Å². The van der Waals surface area contributed by atoms with E-state index in [1.807, 2.05) is 19.1 Å². The maximum absolute atomic E-state index is 13.3. The molecule has 8 heteroatoms. The summed E-state index contributed by atoms with van der Waals surface area (Å²) in [6.07, 6.45) is 0.564. The molecule has 0 radical (unpaired) electrons. The molecule has 1 aliphatic heterocycles. The van der Waals surface area contributed by atoms with Crippen LogP contribution in [0, 0.1) is 35.5 Å². The van der Waals surface area contributed by atoms with Gasteiger partial charge in [-0.2, -0.15) is 13.2 Å². The number of amides is 3. The second-order valence-corrected chi connectivity index (χ2v) is 8.65. The van der Waals surface area contributed by atoms with Gasteiger partial charge in [-0.3, -0.25) is 24.2 Å². The quantitative estimate of drug-likeness (QED) is 0.558. The normalized spacial score (nSPS) is 33.5. The van der Waals surface area contributed by atoms with Gasteiger partial charge in [0.05, 0.1) is 11.8 Å². The molecule has 0 unspecified atom stereocenters. The molecule has 2 saturated carbocycles. The largest absolute Gasteiger partial charge is 0.471 e. The Labute approximate surface area is 171 Å². The van der Waals surface area contributed by atoms with E-state index >= 15 is 0 Å². The number of halogens is 3. The first-order valence-corrected chi connectivity index (χ1v) is 10.2. The van der Waals surface area contributed by atoms with Crippen molar-refractivity contribution in [2.24, 2.45) is 35.5 Å². The van der Waals surface area contributed by atoms with E-state index in [2.05, 4.69) is 0 Å². The number of imide groups is 1. The average molecular weight is 418 g/mol. The molecule has 1 aromatic carbocycles. The highest BCUT2D eigenvalue weighted by molar-refractivity contribution is 6.07. The van der Waals surface area contributed by atoms with Crippen LogP contribution in [0.1, 0.15) is 18.9 Å². The number of allylic oxidation sites excluding steroid dienone is 2.